The number of rotatable bonds is 4. The van der Waals surface area contributed by atoms with Crippen molar-refractivity contribution in [2.75, 3.05) is 14.2 Å². The molecule has 0 aromatic carbocycles. The van der Waals surface area contributed by atoms with Gasteiger partial charge in [0.05, 0.1) is 6.10 Å². The molecule has 82 valence electrons. The first-order valence-electron chi connectivity index (χ1n) is 4.88. The Morgan fingerprint density at radius 2 is 2.00 bits per heavy atom. The van der Waals surface area contributed by atoms with E-state index in [0.29, 0.717) is 12.1 Å². The molecule has 4 nitrogen and oxygen atoms in total. The third kappa shape index (κ3) is 1.91. The van der Waals surface area contributed by atoms with Crippen molar-refractivity contribution in [1.29, 1.82) is 0 Å². The van der Waals surface area contributed by atoms with Crippen LogP contribution in [-0.2, 0) is 9.53 Å². The molecule has 1 N–H and O–H groups in total. The highest BCUT2D eigenvalue weighted by atomic mass is 16.5. The van der Waals surface area contributed by atoms with Crippen molar-refractivity contribution < 1.29 is 14.6 Å². The molecule has 0 aliphatic heterocycles. The third-order valence-electron chi connectivity index (χ3n) is 3.36. The van der Waals surface area contributed by atoms with Gasteiger partial charge in [0.15, 0.2) is 0 Å². The monoisotopic (exact) mass is 201 g/mol. The average Bonchev–Trinajstić information content (AvgIpc) is 2.01. The zero-order valence-electron chi connectivity index (χ0n) is 9.28. The first-order valence-corrected chi connectivity index (χ1v) is 4.88. The van der Waals surface area contributed by atoms with E-state index in [2.05, 4.69) is 0 Å². The van der Waals surface area contributed by atoms with E-state index in [1.807, 2.05) is 11.9 Å². The average molecular weight is 201 g/mol. The lowest BCUT2D eigenvalue weighted by atomic mass is 9.85. The smallest absolute Gasteiger partial charge is 0.323 e. The van der Waals surface area contributed by atoms with E-state index in [1.54, 1.807) is 21.0 Å². The highest BCUT2D eigenvalue weighted by molar-refractivity contribution is 5.77. The number of nitrogens with zero attached hydrogens (tertiary/aromatic N) is 1. The maximum absolute atomic E-state index is 11.0. The molecule has 0 bridgehead atoms. The van der Waals surface area contributed by atoms with Crippen LogP contribution in [0, 0.1) is 0 Å². The SMILES string of the molecule is COC1CC(N(C)C(C)(C)C(=O)O)C1. The molecule has 0 heterocycles. The summed E-state index contributed by atoms with van der Waals surface area (Å²) in [5, 5.41) is 9.03. The minimum atomic E-state index is -0.788. The molecule has 1 fully saturated rings. The maximum Gasteiger partial charge on any atom is 0.323 e. The summed E-state index contributed by atoms with van der Waals surface area (Å²) in [5.74, 6) is -0.777. The summed E-state index contributed by atoms with van der Waals surface area (Å²) in [7, 11) is 3.56. The van der Waals surface area contributed by atoms with Gasteiger partial charge in [-0.25, -0.2) is 0 Å². The third-order valence-corrected chi connectivity index (χ3v) is 3.36. The minimum absolute atomic E-state index is 0.312. The van der Waals surface area contributed by atoms with Crippen LogP contribution in [0.5, 0.6) is 0 Å². The van der Waals surface area contributed by atoms with E-state index in [-0.39, 0.29) is 0 Å². The number of aliphatic carboxylic acids is 1. The van der Waals surface area contributed by atoms with Crippen molar-refractivity contribution in [2.24, 2.45) is 0 Å². The second kappa shape index (κ2) is 3.87. The molecule has 0 saturated heterocycles. The second-order valence-electron chi connectivity index (χ2n) is 4.46. The quantitative estimate of drug-likeness (QED) is 0.736. The van der Waals surface area contributed by atoms with Crippen LogP contribution in [0.25, 0.3) is 0 Å². The molecule has 4 heteroatoms. The van der Waals surface area contributed by atoms with Gasteiger partial charge in [0, 0.05) is 13.2 Å². The molecular weight excluding hydrogens is 182 g/mol. The van der Waals surface area contributed by atoms with Crippen LogP contribution in [0.3, 0.4) is 0 Å². The van der Waals surface area contributed by atoms with Crippen LogP contribution >= 0.6 is 0 Å². The fraction of sp³-hybridized carbons (Fsp3) is 0.900. The standard InChI is InChI=1S/C10H19NO3/c1-10(2,9(12)13)11(3)7-5-8(6-7)14-4/h7-8H,5-6H2,1-4H3,(H,12,13). The van der Waals surface area contributed by atoms with Crippen LogP contribution in [0.1, 0.15) is 26.7 Å². The number of carbonyl (C=O) groups is 1. The normalized spacial score (nSPS) is 27.5. The van der Waals surface area contributed by atoms with Gasteiger partial charge in [0.1, 0.15) is 5.54 Å². The van der Waals surface area contributed by atoms with Gasteiger partial charge in [-0.05, 0) is 33.7 Å². The Bertz CT molecular complexity index is 221. The van der Waals surface area contributed by atoms with Crippen molar-refractivity contribution in [2.45, 2.75) is 44.4 Å². The van der Waals surface area contributed by atoms with E-state index in [1.165, 1.54) is 0 Å². The summed E-state index contributed by atoms with van der Waals surface area (Å²) in [5.41, 5.74) is -0.788. The van der Waals surface area contributed by atoms with Crippen molar-refractivity contribution in [3.8, 4) is 0 Å². The topological polar surface area (TPSA) is 49.8 Å². The number of likely N-dealkylation sites (N-methyl/N-ethyl adjacent to an activating group) is 1. The number of carboxylic acids is 1. The van der Waals surface area contributed by atoms with Crippen LogP contribution in [0.15, 0.2) is 0 Å². The summed E-state index contributed by atoms with van der Waals surface area (Å²) in [4.78, 5) is 12.9. The lowest BCUT2D eigenvalue weighted by molar-refractivity contribution is -0.153. The van der Waals surface area contributed by atoms with Gasteiger partial charge in [0.25, 0.3) is 0 Å². The number of methoxy groups -OCH3 is 1. The molecule has 0 aromatic rings. The Kier molecular flexibility index (Phi) is 3.17. The summed E-state index contributed by atoms with van der Waals surface area (Å²) in [6.07, 6.45) is 2.18. The molecule has 0 radical (unpaired) electrons. The van der Waals surface area contributed by atoms with Crippen LogP contribution in [0.4, 0.5) is 0 Å². The predicted octanol–water partition coefficient (Wildman–Crippen LogP) is 0.959. The van der Waals surface area contributed by atoms with Gasteiger partial charge in [-0.2, -0.15) is 0 Å². The van der Waals surface area contributed by atoms with Crippen LogP contribution in [-0.4, -0.2) is 47.8 Å². The van der Waals surface area contributed by atoms with Gasteiger partial charge in [0.2, 0.25) is 0 Å². The Labute approximate surface area is 84.8 Å². The highest BCUT2D eigenvalue weighted by Gasteiger charge is 2.41. The van der Waals surface area contributed by atoms with Crippen molar-refractivity contribution >= 4 is 5.97 Å². The maximum atomic E-state index is 11.0. The molecule has 0 aromatic heterocycles. The summed E-state index contributed by atoms with van der Waals surface area (Å²) in [6.45, 7) is 3.46. The minimum Gasteiger partial charge on any atom is -0.480 e. The Morgan fingerprint density at radius 1 is 1.50 bits per heavy atom. The second-order valence-corrected chi connectivity index (χ2v) is 4.46. The molecule has 0 unspecified atom stereocenters. The molecule has 0 amide bonds. The molecule has 1 saturated carbocycles. The van der Waals surface area contributed by atoms with Crippen molar-refractivity contribution in [3.05, 3.63) is 0 Å². The van der Waals surface area contributed by atoms with Gasteiger partial charge in [-0.15, -0.1) is 0 Å². The van der Waals surface area contributed by atoms with E-state index in [0.717, 1.165) is 12.8 Å². The summed E-state index contributed by atoms with van der Waals surface area (Å²) < 4.78 is 5.17. The Morgan fingerprint density at radius 3 is 2.36 bits per heavy atom. The molecule has 1 aliphatic carbocycles. The molecule has 1 aliphatic rings. The van der Waals surface area contributed by atoms with Gasteiger partial charge < -0.3 is 9.84 Å². The van der Waals surface area contributed by atoms with Crippen molar-refractivity contribution in [3.63, 3.8) is 0 Å². The molecule has 1 rings (SSSR count). The largest absolute Gasteiger partial charge is 0.480 e. The summed E-state index contributed by atoms with van der Waals surface area (Å²) >= 11 is 0. The molecule has 0 atom stereocenters. The zero-order valence-corrected chi connectivity index (χ0v) is 9.28. The van der Waals surface area contributed by atoms with Crippen LogP contribution in [0.2, 0.25) is 0 Å². The summed E-state index contributed by atoms with van der Waals surface area (Å²) in [6, 6.07) is 0.339. The first-order chi connectivity index (χ1) is 6.39. The van der Waals surface area contributed by atoms with E-state index in [9.17, 15) is 4.79 Å². The van der Waals surface area contributed by atoms with Gasteiger partial charge in [-0.1, -0.05) is 0 Å². The lowest BCUT2D eigenvalue weighted by Crippen LogP contribution is -2.57. The first kappa shape index (κ1) is 11.5. The van der Waals surface area contributed by atoms with Gasteiger partial charge >= 0.3 is 5.97 Å². The highest BCUT2D eigenvalue weighted by Crippen LogP contribution is 2.31. The number of hydrogen-bond acceptors (Lipinski definition) is 3. The Hall–Kier alpha value is -0.610. The predicted molar refractivity (Wildman–Crippen MR) is 53.3 cm³/mol. The van der Waals surface area contributed by atoms with Crippen molar-refractivity contribution in [1.82, 2.24) is 4.90 Å². The Balaban J connectivity index is 2.51. The fourth-order valence-corrected chi connectivity index (χ4v) is 1.65. The zero-order chi connectivity index (χ0) is 10.9. The fourth-order valence-electron chi connectivity index (χ4n) is 1.65. The molecule has 14 heavy (non-hydrogen) atoms. The lowest BCUT2D eigenvalue weighted by Gasteiger charge is -2.45. The van der Waals surface area contributed by atoms with E-state index >= 15 is 0 Å². The van der Waals surface area contributed by atoms with Gasteiger partial charge in [-0.3, -0.25) is 9.69 Å². The number of ether oxygens (including phenoxy) is 1. The van der Waals surface area contributed by atoms with Crippen LogP contribution < -0.4 is 0 Å². The number of carboxylic acid groups (broad SMARTS) is 1. The molecule has 0 spiro atoms. The van der Waals surface area contributed by atoms with E-state index < -0.39 is 11.5 Å². The molecular formula is C10H19NO3. The van der Waals surface area contributed by atoms with E-state index in [4.69, 9.17) is 9.84 Å². The number of hydrogen-bond donors (Lipinski definition) is 1.